The highest BCUT2D eigenvalue weighted by Crippen LogP contribution is 2.14. The number of hydrogen-bond acceptors (Lipinski definition) is 4. The van der Waals surface area contributed by atoms with E-state index in [-0.39, 0.29) is 0 Å². The minimum atomic E-state index is -3.03. The van der Waals surface area contributed by atoms with Crippen molar-refractivity contribution in [3.05, 3.63) is 23.7 Å². The van der Waals surface area contributed by atoms with Crippen LogP contribution >= 0.6 is 0 Å². The van der Waals surface area contributed by atoms with E-state index in [4.69, 9.17) is 4.42 Å². The van der Waals surface area contributed by atoms with Gasteiger partial charge >= 0.3 is 0 Å². The maximum Gasteiger partial charge on any atom is 0.211 e. The van der Waals surface area contributed by atoms with Crippen molar-refractivity contribution in [1.29, 1.82) is 0 Å². The number of furan rings is 1. The third-order valence-corrected chi connectivity index (χ3v) is 4.59. The molecule has 1 aromatic rings. The standard InChI is InChI=1S/C12H20N2O3S/c1-10-3-4-12(17-10)9-13-11-5-7-14(8-6-11)18(2,15)16/h3-4,11,13H,5-9H2,1-2H3. The molecule has 102 valence electrons. The monoisotopic (exact) mass is 272 g/mol. The van der Waals surface area contributed by atoms with Crippen LogP contribution in [0.4, 0.5) is 0 Å². The van der Waals surface area contributed by atoms with Gasteiger partial charge in [-0.25, -0.2) is 12.7 Å². The molecular weight excluding hydrogens is 252 g/mol. The van der Waals surface area contributed by atoms with E-state index in [1.54, 1.807) is 4.31 Å². The predicted octanol–water partition coefficient (Wildman–Crippen LogP) is 1.10. The Kier molecular flexibility index (Phi) is 4.09. The molecule has 1 aromatic heterocycles. The molecule has 1 saturated heterocycles. The lowest BCUT2D eigenvalue weighted by atomic mass is 10.1. The maximum atomic E-state index is 11.4. The van der Waals surface area contributed by atoms with Crippen molar-refractivity contribution in [3.8, 4) is 0 Å². The summed E-state index contributed by atoms with van der Waals surface area (Å²) in [6, 6.07) is 4.28. The summed E-state index contributed by atoms with van der Waals surface area (Å²) in [6.07, 6.45) is 2.98. The molecule has 0 aromatic carbocycles. The zero-order valence-corrected chi connectivity index (χ0v) is 11.7. The fourth-order valence-corrected chi connectivity index (χ4v) is 3.09. The maximum absolute atomic E-state index is 11.4. The molecule has 0 atom stereocenters. The molecule has 1 aliphatic heterocycles. The molecule has 2 rings (SSSR count). The quantitative estimate of drug-likeness (QED) is 0.891. The molecule has 2 heterocycles. The number of sulfonamides is 1. The Morgan fingerprint density at radius 2 is 2.06 bits per heavy atom. The Morgan fingerprint density at radius 1 is 1.39 bits per heavy atom. The zero-order chi connectivity index (χ0) is 13.2. The fraction of sp³-hybridized carbons (Fsp3) is 0.667. The van der Waals surface area contributed by atoms with E-state index in [9.17, 15) is 8.42 Å². The molecule has 0 amide bonds. The van der Waals surface area contributed by atoms with E-state index in [1.165, 1.54) is 6.26 Å². The summed E-state index contributed by atoms with van der Waals surface area (Å²) in [7, 11) is -3.03. The van der Waals surface area contributed by atoms with Crippen LogP contribution in [0.1, 0.15) is 24.4 Å². The van der Waals surface area contributed by atoms with Crippen molar-refractivity contribution in [1.82, 2.24) is 9.62 Å². The predicted molar refractivity (Wildman–Crippen MR) is 69.7 cm³/mol. The molecule has 18 heavy (non-hydrogen) atoms. The highest BCUT2D eigenvalue weighted by Gasteiger charge is 2.24. The van der Waals surface area contributed by atoms with Crippen LogP contribution in [-0.2, 0) is 16.6 Å². The number of nitrogens with one attached hydrogen (secondary N) is 1. The van der Waals surface area contributed by atoms with Crippen molar-refractivity contribution < 1.29 is 12.8 Å². The van der Waals surface area contributed by atoms with Crippen LogP contribution in [0.3, 0.4) is 0 Å². The average Bonchev–Trinajstić information content (AvgIpc) is 2.72. The Hall–Kier alpha value is -0.850. The van der Waals surface area contributed by atoms with Crippen molar-refractivity contribution in [3.63, 3.8) is 0 Å². The second-order valence-electron chi connectivity index (χ2n) is 4.83. The molecule has 5 nitrogen and oxygen atoms in total. The summed E-state index contributed by atoms with van der Waals surface area (Å²) >= 11 is 0. The van der Waals surface area contributed by atoms with Gasteiger partial charge in [0.15, 0.2) is 0 Å². The SMILES string of the molecule is Cc1ccc(CNC2CCN(S(C)(=O)=O)CC2)o1. The largest absolute Gasteiger partial charge is 0.465 e. The molecule has 1 fully saturated rings. The summed E-state index contributed by atoms with van der Waals surface area (Å²) in [6.45, 7) is 3.84. The van der Waals surface area contributed by atoms with Gasteiger partial charge in [0.05, 0.1) is 12.8 Å². The Balaban J connectivity index is 1.77. The highest BCUT2D eigenvalue weighted by atomic mass is 32.2. The molecule has 6 heteroatoms. The average molecular weight is 272 g/mol. The first-order valence-corrected chi connectivity index (χ1v) is 8.04. The van der Waals surface area contributed by atoms with Crippen molar-refractivity contribution >= 4 is 10.0 Å². The van der Waals surface area contributed by atoms with Gasteiger partial charge in [-0.2, -0.15) is 0 Å². The van der Waals surface area contributed by atoms with Gasteiger partial charge in [0.25, 0.3) is 0 Å². The molecule has 0 radical (unpaired) electrons. The molecular formula is C12H20N2O3S. The number of nitrogens with zero attached hydrogens (tertiary/aromatic N) is 1. The third kappa shape index (κ3) is 3.57. The molecule has 0 aliphatic carbocycles. The van der Waals surface area contributed by atoms with E-state index in [0.717, 1.165) is 24.4 Å². The molecule has 0 spiro atoms. The minimum absolute atomic E-state index is 0.369. The van der Waals surface area contributed by atoms with Gasteiger partial charge in [0, 0.05) is 19.1 Å². The number of piperidine rings is 1. The van der Waals surface area contributed by atoms with E-state index >= 15 is 0 Å². The van der Waals surface area contributed by atoms with Crippen LogP contribution in [0, 0.1) is 6.92 Å². The Morgan fingerprint density at radius 3 is 2.56 bits per heavy atom. The lowest BCUT2D eigenvalue weighted by molar-refractivity contribution is 0.284. The zero-order valence-electron chi connectivity index (χ0n) is 10.8. The molecule has 1 aliphatic rings. The van der Waals surface area contributed by atoms with E-state index in [1.807, 2.05) is 19.1 Å². The van der Waals surface area contributed by atoms with Crippen LogP contribution < -0.4 is 5.32 Å². The lowest BCUT2D eigenvalue weighted by Gasteiger charge is -2.30. The third-order valence-electron chi connectivity index (χ3n) is 3.28. The highest BCUT2D eigenvalue weighted by molar-refractivity contribution is 7.88. The van der Waals surface area contributed by atoms with Crippen LogP contribution in [0.5, 0.6) is 0 Å². The number of aryl methyl sites for hydroxylation is 1. The summed E-state index contributed by atoms with van der Waals surface area (Å²) in [5, 5.41) is 3.41. The smallest absolute Gasteiger partial charge is 0.211 e. The number of hydrogen-bond donors (Lipinski definition) is 1. The van der Waals surface area contributed by atoms with Crippen LogP contribution in [0.15, 0.2) is 16.5 Å². The van der Waals surface area contributed by atoms with Crippen molar-refractivity contribution in [2.45, 2.75) is 32.4 Å². The van der Waals surface area contributed by atoms with Gasteiger partial charge in [-0.1, -0.05) is 0 Å². The van der Waals surface area contributed by atoms with Gasteiger partial charge in [0.2, 0.25) is 10.0 Å². The Bertz CT molecular complexity index is 487. The van der Waals surface area contributed by atoms with Crippen LogP contribution in [-0.4, -0.2) is 38.1 Å². The summed E-state index contributed by atoms with van der Waals surface area (Å²) in [5.74, 6) is 1.84. The van der Waals surface area contributed by atoms with E-state index in [2.05, 4.69) is 5.32 Å². The lowest BCUT2D eigenvalue weighted by Crippen LogP contribution is -2.44. The molecule has 0 saturated carbocycles. The molecule has 1 N–H and O–H groups in total. The van der Waals surface area contributed by atoms with Crippen LogP contribution in [0.2, 0.25) is 0 Å². The van der Waals surface area contributed by atoms with Crippen molar-refractivity contribution in [2.24, 2.45) is 0 Å². The van der Waals surface area contributed by atoms with Gasteiger partial charge < -0.3 is 9.73 Å². The second-order valence-corrected chi connectivity index (χ2v) is 6.81. The van der Waals surface area contributed by atoms with Crippen molar-refractivity contribution in [2.75, 3.05) is 19.3 Å². The van der Waals surface area contributed by atoms with E-state index in [0.29, 0.717) is 25.7 Å². The molecule has 0 bridgehead atoms. The number of rotatable bonds is 4. The van der Waals surface area contributed by atoms with Gasteiger partial charge in [-0.15, -0.1) is 0 Å². The first-order valence-electron chi connectivity index (χ1n) is 6.19. The Labute approximate surface area is 108 Å². The second kappa shape index (κ2) is 5.42. The van der Waals surface area contributed by atoms with Crippen LogP contribution in [0.25, 0.3) is 0 Å². The minimum Gasteiger partial charge on any atom is -0.465 e. The normalized spacial score (nSPS) is 19.2. The topological polar surface area (TPSA) is 62.6 Å². The van der Waals surface area contributed by atoms with Gasteiger partial charge in [-0.05, 0) is 31.9 Å². The molecule has 0 unspecified atom stereocenters. The first-order chi connectivity index (χ1) is 8.45. The fourth-order valence-electron chi connectivity index (χ4n) is 2.22. The summed E-state index contributed by atoms with van der Waals surface area (Å²) < 4.78 is 29.8. The first kappa shape index (κ1) is 13.6. The summed E-state index contributed by atoms with van der Waals surface area (Å²) in [4.78, 5) is 0. The van der Waals surface area contributed by atoms with Gasteiger partial charge in [-0.3, -0.25) is 0 Å². The summed E-state index contributed by atoms with van der Waals surface area (Å²) in [5.41, 5.74) is 0. The van der Waals surface area contributed by atoms with E-state index < -0.39 is 10.0 Å². The van der Waals surface area contributed by atoms with Gasteiger partial charge in [0.1, 0.15) is 11.5 Å².